The Bertz CT molecular complexity index is 891. The smallest absolute Gasteiger partial charge is 0.229 e. The fraction of sp³-hybridized carbons (Fsp3) is 0.368. The number of thiophene rings is 1. The number of imidazole rings is 1. The molecule has 24 heavy (non-hydrogen) atoms. The molecule has 124 valence electrons. The van der Waals surface area contributed by atoms with E-state index in [2.05, 4.69) is 28.9 Å². The van der Waals surface area contributed by atoms with Gasteiger partial charge in [0.25, 0.3) is 0 Å². The maximum atomic E-state index is 12.9. The molecule has 5 heteroatoms. The van der Waals surface area contributed by atoms with Crippen LogP contribution in [0.2, 0.25) is 0 Å². The van der Waals surface area contributed by atoms with Gasteiger partial charge in [-0.1, -0.05) is 6.07 Å². The number of pyridine rings is 1. The number of fused-ring (bicyclic) bond motifs is 1. The fourth-order valence-corrected chi connectivity index (χ4v) is 4.02. The van der Waals surface area contributed by atoms with Crippen LogP contribution in [0, 0.1) is 13.8 Å². The molecule has 1 amide bonds. The lowest BCUT2D eigenvalue weighted by Crippen LogP contribution is -2.33. The summed E-state index contributed by atoms with van der Waals surface area (Å²) in [6, 6.07) is 8.73. The summed E-state index contributed by atoms with van der Waals surface area (Å²) in [5, 5.41) is 0. The zero-order valence-electron chi connectivity index (χ0n) is 14.0. The first-order valence-electron chi connectivity index (χ1n) is 8.38. The molecule has 0 aliphatic heterocycles. The molecular formula is C19H21N3OS. The lowest BCUT2D eigenvalue weighted by Gasteiger charge is -2.21. The molecule has 1 aliphatic rings. The van der Waals surface area contributed by atoms with Crippen molar-refractivity contribution in [3.63, 3.8) is 0 Å². The predicted octanol–water partition coefficient (Wildman–Crippen LogP) is 3.75. The molecule has 3 aromatic rings. The third-order valence-electron chi connectivity index (χ3n) is 4.57. The van der Waals surface area contributed by atoms with Crippen LogP contribution in [-0.4, -0.2) is 26.2 Å². The Hall–Kier alpha value is -2.14. The third kappa shape index (κ3) is 2.96. The van der Waals surface area contributed by atoms with Crippen molar-refractivity contribution in [3.05, 3.63) is 57.7 Å². The van der Waals surface area contributed by atoms with E-state index < -0.39 is 0 Å². The Morgan fingerprint density at radius 1 is 1.33 bits per heavy atom. The van der Waals surface area contributed by atoms with Crippen LogP contribution in [0.25, 0.3) is 5.65 Å². The molecule has 1 saturated carbocycles. The van der Waals surface area contributed by atoms with Crippen molar-refractivity contribution in [1.82, 2.24) is 14.3 Å². The van der Waals surface area contributed by atoms with Crippen LogP contribution in [-0.2, 0) is 17.8 Å². The van der Waals surface area contributed by atoms with E-state index in [0.717, 1.165) is 36.3 Å². The van der Waals surface area contributed by atoms with Crippen molar-refractivity contribution in [2.24, 2.45) is 0 Å². The average molecular weight is 339 g/mol. The molecule has 3 heterocycles. The topological polar surface area (TPSA) is 37.6 Å². The molecule has 1 aliphatic carbocycles. The zero-order valence-corrected chi connectivity index (χ0v) is 14.8. The summed E-state index contributed by atoms with van der Waals surface area (Å²) in [6.07, 6.45) is 6.48. The van der Waals surface area contributed by atoms with Gasteiger partial charge in [-0.25, -0.2) is 4.98 Å². The zero-order chi connectivity index (χ0) is 16.7. The van der Waals surface area contributed by atoms with E-state index in [4.69, 9.17) is 0 Å². The van der Waals surface area contributed by atoms with Gasteiger partial charge in [0.05, 0.1) is 18.7 Å². The number of rotatable bonds is 5. The van der Waals surface area contributed by atoms with Crippen LogP contribution in [0.4, 0.5) is 0 Å². The van der Waals surface area contributed by atoms with E-state index in [9.17, 15) is 4.79 Å². The summed E-state index contributed by atoms with van der Waals surface area (Å²) in [4.78, 5) is 22.0. The SMILES string of the molecule is Cc1ccc(CN(C(=O)Cc2cnc3c(C)cccn23)C2CC2)s1. The first-order valence-corrected chi connectivity index (χ1v) is 9.20. The molecule has 0 aromatic carbocycles. The highest BCUT2D eigenvalue weighted by Crippen LogP contribution is 2.30. The molecular weight excluding hydrogens is 318 g/mol. The monoisotopic (exact) mass is 339 g/mol. The van der Waals surface area contributed by atoms with Crippen LogP contribution in [0.15, 0.2) is 36.7 Å². The Labute approximate surface area is 145 Å². The van der Waals surface area contributed by atoms with Crippen molar-refractivity contribution in [2.45, 2.75) is 45.7 Å². The molecule has 4 nitrogen and oxygen atoms in total. The van der Waals surface area contributed by atoms with E-state index in [0.29, 0.717) is 12.5 Å². The second-order valence-corrected chi connectivity index (χ2v) is 7.95. The standard InChI is InChI=1S/C19H21N3OS/c1-13-4-3-9-21-16(11-20-19(13)21)10-18(23)22(15-6-7-15)12-17-8-5-14(2)24-17/h3-5,8-9,11,15H,6-7,10,12H2,1-2H3. The summed E-state index contributed by atoms with van der Waals surface area (Å²) in [7, 11) is 0. The summed E-state index contributed by atoms with van der Waals surface area (Å²) < 4.78 is 2.04. The van der Waals surface area contributed by atoms with Gasteiger partial charge in [0.1, 0.15) is 5.65 Å². The highest BCUT2D eigenvalue weighted by atomic mass is 32.1. The molecule has 0 saturated heterocycles. The number of carbonyl (C=O) groups excluding carboxylic acids is 1. The third-order valence-corrected chi connectivity index (χ3v) is 5.56. The summed E-state index contributed by atoms with van der Waals surface area (Å²) in [5.41, 5.74) is 3.03. The fourth-order valence-electron chi connectivity index (χ4n) is 3.13. The Balaban J connectivity index is 1.55. The molecule has 0 spiro atoms. The van der Waals surface area contributed by atoms with Gasteiger partial charge < -0.3 is 9.30 Å². The molecule has 0 radical (unpaired) electrons. The van der Waals surface area contributed by atoms with Crippen LogP contribution in [0.5, 0.6) is 0 Å². The van der Waals surface area contributed by atoms with Crippen LogP contribution >= 0.6 is 11.3 Å². The highest BCUT2D eigenvalue weighted by Gasteiger charge is 2.33. The Morgan fingerprint density at radius 3 is 2.88 bits per heavy atom. The lowest BCUT2D eigenvalue weighted by atomic mass is 10.2. The van der Waals surface area contributed by atoms with Crippen molar-refractivity contribution in [3.8, 4) is 0 Å². The molecule has 0 N–H and O–H groups in total. The van der Waals surface area contributed by atoms with Gasteiger partial charge in [-0.3, -0.25) is 4.79 Å². The lowest BCUT2D eigenvalue weighted by molar-refractivity contribution is -0.131. The van der Waals surface area contributed by atoms with Crippen molar-refractivity contribution < 1.29 is 4.79 Å². The van der Waals surface area contributed by atoms with Crippen molar-refractivity contribution >= 4 is 22.9 Å². The number of hydrogen-bond acceptors (Lipinski definition) is 3. The van der Waals surface area contributed by atoms with E-state index in [1.165, 1.54) is 9.75 Å². The van der Waals surface area contributed by atoms with Gasteiger partial charge in [0, 0.05) is 28.2 Å². The Morgan fingerprint density at radius 2 is 2.17 bits per heavy atom. The second kappa shape index (κ2) is 6.06. The molecule has 0 bridgehead atoms. The molecule has 3 aromatic heterocycles. The van der Waals surface area contributed by atoms with Gasteiger partial charge in [-0.05, 0) is 50.5 Å². The number of carbonyl (C=O) groups is 1. The van der Waals surface area contributed by atoms with Gasteiger partial charge >= 0.3 is 0 Å². The maximum absolute atomic E-state index is 12.9. The molecule has 0 unspecified atom stereocenters. The van der Waals surface area contributed by atoms with Crippen LogP contribution in [0.1, 0.15) is 33.9 Å². The average Bonchev–Trinajstić information content (AvgIpc) is 3.19. The summed E-state index contributed by atoms with van der Waals surface area (Å²) in [6.45, 7) is 4.89. The maximum Gasteiger partial charge on any atom is 0.229 e. The number of aryl methyl sites for hydroxylation is 2. The van der Waals surface area contributed by atoms with Gasteiger partial charge in [0.15, 0.2) is 0 Å². The minimum Gasteiger partial charge on any atom is -0.334 e. The summed E-state index contributed by atoms with van der Waals surface area (Å²) >= 11 is 1.78. The normalized spacial score (nSPS) is 14.2. The van der Waals surface area contributed by atoms with Gasteiger partial charge in [-0.15, -0.1) is 11.3 Å². The molecule has 0 atom stereocenters. The Kier molecular flexibility index (Phi) is 3.88. The van der Waals surface area contributed by atoms with E-state index in [1.54, 1.807) is 11.3 Å². The molecule has 4 rings (SSSR count). The molecule has 1 fully saturated rings. The van der Waals surface area contributed by atoms with Gasteiger partial charge in [-0.2, -0.15) is 0 Å². The largest absolute Gasteiger partial charge is 0.334 e. The van der Waals surface area contributed by atoms with E-state index in [1.807, 2.05) is 35.9 Å². The number of amides is 1. The van der Waals surface area contributed by atoms with E-state index in [-0.39, 0.29) is 5.91 Å². The van der Waals surface area contributed by atoms with Gasteiger partial charge in [0.2, 0.25) is 5.91 Å². The first-order chi connectivity index (χ1) is 11.6. The second-order valence-electron chi connectivity index (χ2n) is 6.58. The summed E-state index contributed by atoms with van der Waals surface area (Å²) in [5.74, 6) is 0.201. The van der Waals surface area contributed by atoms with Crippen LogP contribution < -0.4 is 0 Å². The predicted molar refractivity (Wildman–Crippen MR) is 96.3 cm³/mol. The quantitative estimate of drug-likeness (QED) is 0.710. The minimum atomic E-state index is 0.201. The number of hydrogen-bond donors (Lipinski definition) is 0. The van der Waals surface area contributed by atoms with Crippen LogP contribution in [0.3, 0.4) is 0 Å². The van der Waals surface area contributed by atoms with Crippen molar-refractivity contribution in [1.29, 1.82) is 0 Å². The highest BCUT2D eigenvalue weighted by molar-refractivity contribution is 7.11. The number of aromatic nitrogens is 2. The minimum absolute atomic E-state index is 0.201. The number of nitrogens with zero attached hydrogens (tertiary/aromatic N) is 3. The van der Waals surface area contributed by atoms with E-state index >= 15 is 0 Å². The van der Waals surface area contributed by atoms with Crippen molar-refractivity contribution in [2.75, 3.05) is 0 Å². The first kappa shape index (κ1) is 15.4.